The highest BCUT2D eigenvalue weighted by Crippen LogP contribution is 2.45. The van der Waals surface area contributed by atoms with Gasteiger partial charge in [-0.1, -0.05) is 19.8 Å². The zero-order chi connectivity index (χ0) is 27.0. The first-order valence-electron chi connectivity index (χ1n) is 14.8. The Morgan fingerprint density at radius 3 is 2.45 bits per heavy atom. The van der Waals surface area contributed by atoms with Crippen LogP contribution in [0, 0.1) is 32.6 Å². The lowest BCUT2D eigenvalue weighted by Gasteiger charge is -2.36. The van der Waals surface area contributed by atoms with Crippen molar-refractivity contribution >= 4 is 17.2 Å². The van der Waals surface area contributed by atoms with Crippen molar-refractivity contribution in [2.75, 3.05) is 26.2 Å². The normalized spacial score (nSPS) is 24.0. The Morgan fingerprint density at radius 2 is 1.79 bits per heavy atom. The van der Waals surface area contributed by atoms with Gasteiger partial charge in [0.1, 0.15) is 0 Å². The van der Waals surface area contributed by atoms with Gasteiger partial charge in [-0.15, -0.1) is 11.3 Å². The fourth-order valence-corrected chi connectivity index (χ4v) is 8.86. The largest absolute Gasteiger partial charge is 0.334 e. The molecule has 4 heterocycles. The van der Waals surface area contributed by atoms with Crippen LogP contribution < -0.4 is 11.3 Å². The van der Waals surface area contributed by atoms with E-state index in [-0.39, 0.29) is 11.5 Å². The summed E-state index contributed by atoms with van der Waals surface area (Å²) >= 11 is 1.88. The van der Waals surface area contributed by atoms with E-state index in [9.17, 15) is 9.59 Å². The Balaban J connectivity index is 1.23. The molecule has 1 unspecified atom stereocenters. The predicted molar refractivity (Wildman–Crippen MR) is 156 cm³/mol. The predicted octanol–water partition coefficient (Wildman–Crippen LogP) is 5.28. The molecular formula is C31H46N4O2S. The van der Waals surface area contributed by atoms with Crippen molar-refractivity contribution in [3.8, 4) is 0 Å². The summed E-state index contributed by atoms with van der Waals surface area (Å²) in [5.74, 6) is 2.07. The number of hydrogen-bond donors (Lipinski definition) is 2. The van der Waals surface area contributed by atoms with Gasteiger partial charge in [-0.3, -0.25) is 14.5 Å². The number of fused-ring (bicyclic) bond motifs is 1. The van der Waals surface area contributed by atoms with Gasteiger partial charge >= 0.3 is 0 Å². The maximum atomic E-state index is 13.6. The van der Waals surface area contributed by atoms with E-state index in [0.717, 1.165) is 35.7 Å². The number of nitrogens with two attached hydrogens (primary N) is 1. The molecule has 208 valence electrons. The van der Waals surface area contributed by atoms with E-state index in [0.29, 0.717) is 36.5 Å². The average Bonchev–Trinajstić information content (AvgIpc) is 3.54. The standard InChI is InChI=1S/C31H46N4O2S/c1-19-15-20(2)33-30(36)26(19)18-35-14-11-27-28(31(35)37)22(4)29(38-27)21(3)24-9-7-23(8-10-24)16-25(17-32)34-12-5-6-13-34/h15,21,23-25H,5-14,16-18,32H2,1-4H3,(H,33,36)/t21-,23?,24?,25?/m1/s1. The lowest BCUT2D eigenvalue weighted by molar-refractivity contribution is 0.0727. The number of H-pyrrole nitrogens is 1. The maximum absolute atomic E-state index is 13.6. The Labute approximate surface area is 232 Å². The van der Waals surface area contributed by atoms with Gasteiger partial charge < -0.3 is 15.6 Å². The summed E-state index contributed by atoms with van der Waals surface area (Å²) in [5, 5.41) is 0. The molecule has 0 bridgehead atoms. The van der Waals surface area contributed by atoms with E-state index in [1.54, 1.807) is 0 Å². The second kappa shape index (κ2) is 11.6. The van der Waals surface area contributed by atoms with Gasteiger partial charge in [0.2, 0.25) is 0 Å². The quantitative estimate of drug-likeness (QED) is 0.479. The van der Waals surface area contributed by atoms with Crippen LogP contribution in [0.3, 0.4) is 0 Å². The Kier molecular flexibility index (Phi) is 8.46. The second-order valence-corrected chi connectivity index (χ2v) is 13.4. The average molecular weight is 539 g/mol. The molecule has 1 aliphatic carbocycles. The third-order valence-corrected chi connectivity index (χ3v) is 11.3. The Morgan fingerprint density at radius 1 is 1.08 bits per heavy atom. The van der Waals surface area contributed by atoms with Gasteiger partial charge in [-0.2, -0.15) is 0 Å². The fraction of sp³-hybridized carbons (Fsp3) is 0.677. The fourth-order valence-electron chi connectivity index (χ4n) is 7.42. The highest BCUT2D eigenvalue weighted by Gasteiger charge is 2.35. The smallest absolute Gasteiger partial charge is 0.255 e. The lowest BCUT2D eigenvalue weighted by atomic mass is 9.73. The van der Waals surface area contributed by atoms with Crippen molar-refractivity contribution in [2.24, 2.45) is 17.6 Å². The molecule has 1 amide bonds. The van der Waals surface area contributed by atoms with Gasteiger partial charge in [-0.05, 0) is 101 Å². The molecule has 0 aromatic carbocycles. The summed E-state index contributed by atoms with van der Waals surface area (Å²) in [4.78, 5) is 36.3. The molecule has 2 aromatic heterocycles. The SMILES string of the molecule is Cc1cc(C)c(CN2CCc3sc([C@H](C)C4CCC(CC(CN)N5CCCC5)CC4)c(C)c3C2=O)c(=O)[nH]1. The number of aromatic amines is 1. The van der Waals surface area contributed by atoms with Gasteiger partial charge in [0.05, 0.1) is 12.1 Å². The molecule has 5 rings (SSSR count). The number of hydrogen-bond acceptors (Lipinski definition) is 5. The summed E-state index contributed by atoms with van der Waals surface area (Å²) in [6, 6.07) is 2.56. The number of aryl methyl sites for hydroxylation is 2. The molecule has 3 aliphatic rings. The first-order chi connectivity index (χ1) is 18.3. The van der Waals surface area contributed by atoms with Crippen molar-refractivity contribution in [3.05, 3.63) is 54.1 Å². The molecule has 2 fully saturated rings. The number of nitrogens with zero attached hydrogens (tertiary/aromatic N) is 2. The van der Waals surface area contributed by atoms with E-state index in [1.807, 2.05) is 36.2 Å². The molecule has 3 N–H and O–H groups in total. The van der Waals surface area contributed by atoms with Crippen LogP contribution in [-0.4, -0.2) is 52.9 Å². The summed E-state index contributed by atoms with van der Waals surface area (Å²) in [7, 11) is 0. The van der Waals surface area contributed by atoms with E-state index >= 15 is 0 Å². The van der Waals surface area contributed by atoms with E-state index < -0.39 is 0 Å². The number of pyridine rings is 1. The molecule has 38 heavy (non-hydrogen) atoms. The summed E-state index contributed by atoms with van der Waals surface area (Å²) < 4.78 is 0. The molecule has 2 aliphatic heterocycles. The van der Waals surface area contributed by atoms with Crippen LogP contribution in [-0.2, 0) is 13.0 Å². The van der Waals surface area contributed by atoms with Crippen LogP contribution in [0.2, 0.25) is 0 Å². The van der Waals surface area contributed by atoms with Crippen molar-refractivity contribution < 1.29 is 4.79 Å². The number of aromatic nitrogens is 1. The minimum atomic E-state index is -0.0775. The second-order valence-electron chi connectivity index (χ2n) is 12.2. The van der Waals surface area contributed by atoms with Crippen molar-refractivity contribution in [1.82, 2.24) is 14.8 Å². The van der Waals surface area contributed by atoms with Gasteiger partial charge in [0.25, 0.3) is 11.5 Å². The van der Waals surface area contributed by atoms with E-state index in [2.05, 4.69) is 23.7 Å². The molecule has 7 heteroatoms. The van der Waals surface area contributed by atoms with Crippen molar-refractivity contribution in [1.29, 1.82) is 0 Å². The van der Waals surface area contributed by atoms with E-state index in [4.69, 9.17) is 5.73 Å². The van der Waals surface area contributed by atoms with E-state index in [1.165, 1.54) is 73.4 Å². The van der Waals surface area contributed by atoms with Crippen LogP contribution in [0.15, 0.2) is 10.9 Å². The zero-order valence-corrected chi connectivity index (χ0v) is 24.6. The minimum absolute atomic E-state index is 0.0775. The first-order valence-corrected chi connectivity index (χ1v) is 15.6. The monoisotopic (exact) mass is 538 g/mol. The molecule has 0 spiro atoms. The molecule has 2 atom stereocenters. The summed E-state index contributed by atoms with van der Waals surface area (Å²) in [6.07, 6.45) is 9.97. The third kappa shape index (κ3) is 5.52. The molecule has 6 nitrogen and oxygen atoms in total. The highest BCUT2D eigenvalue weighted by molar-refractivity contribution is 7.12. The summed E-state index contributed by atoms with van der Waals surface area (Å²) in [5.41, 5.74) is 10.7. The molecule has 0 radical (unpaired) electrons. The van der Waals surface area contributed by atoms with Crippen LogP contribution in [0.4, 0.5) is 0 Å². The first kappa shape index (κ1) is 27.6. The maximum Gasteiger partial charge on any atom is 0.255 e. The van der Waals surface area contributed by atoms with Crippen LogP contribution in [0.25, 0.3) is 0 Å². The van der Waals surface area contributed by atoms with Gasteiger partial charge in [-0.25, -0.2) is 0 Å². The number of carbonyl (C=O) groups is 1. The molecule has 1 saturated carbocycles. The van der Waals surface area contributed by atoms with Crippen molar-refractivity contribution in [2.45, 2.75) is 97.6 Å². The lowest BCUT2D eigenvalue weighted by Crippen LogP contribution is -2.40. The number of rotatable bonds is 8. The topological polar surface area (TPSA) is 82.4 Å². The summed E-state index contributed by atoms with van der Waals surface area (Å²) in [6.45, 7) is 12.7. The Hall–Kier alpha value is -1.96. The Bertz CT molecular complexity index is 1200. The van der Waals surface area contributed by atoms with Crippen molar-refractivity contribution in [3.63, 3.8) is 0 Å². The molecule has 1 saturated heterocycles. The number of amides is 1. The van der Waals surface area contributed by atoms with Gasteiger partial charge in [0, 0.05) is 46.6 Å². The van der Waals surface area contributed by atoms with Crippen LogP contribution in [0.1, 0.15) is 100 Å². The van der Waals surface area contributed by atoms with Gasteiger partial charge in [0.15, 0.2) is 0 Å². The number of carbonyl (C=O) groups excluding carboxylic acids is 1. The highest BCUT2D eigenvalue weighted by atomic mass is 32.1. The van der Waals surface area contributed by atoms with Crippen LogP contribution in [0.5, 0.6) is 0 Å². The minimum Gasteiger partial charge on any atom is -0.334 e. The molecule has 2 aromatic rings. The van der Waals surface area contributed by atoms with Crippen LogP contribution >= 0.6 is 11.3 Å². The number of likely N-dealkylation sites (tertiary alicyclic amines) is 1. The number of thiophene rings is 1. The third-order valence-electron chi connectivity index (χ3n) is 9.76. The number of nitrogens with one attached hydrogen (secondary N) is 1. The zero-order valence-electron chi connectivity index (χ0n) is 23.8. The molecular weight excluding hydrogens is 492 g/mol.